The molecule has 0 bridgehead atoms. The van der Waals surface area contributed by atoms with E-state index in [4.69, 9.17) is 4.74 Å². The predicted molar refractivity (Wildman–Crippen MR) is 47.9 cm³/mol. The van der Waals surface area contributed by atoms with Gasteiger partial charge in [-0.1, -0.05) is 0 Å². The van der Waals surface area contributed by atoms with Crippen molar-refractivity contribution < 1.29 is 4.74 Å². The zero-order valence-corrected chi connectivity index (χ0v) is 8.24. The van der Waals surface area contributed by atoms with Gasteiger partial charge in [-0.2, -0.15) is 0 Å². The van der Waals surface area contributed by atoms with Crippen molar-refractivity contribution in [1.29, 1.82) is 0 Å². The molecule has 0 amide bonds. The molecule has 1 unspecified atom stereocenters. The topological polar surface area (TPSA) is 12.5 Å². The van der Waals surface area contributed by atoms with E-state index < -0.39 is 0 Å². The van der Waals surface area contributed by atoms with E-state index in [2.05, 4.69) is 26.0 Å². The maximum atomic E-state index is 5.12. The Hall–Kier alpha value is 0.650. The average Bonchev–Trinajstić information content (AvgIpc) is 2.43. The lowest BCUT2D eigenvalue weighted by Crippen LogP contribution is -2.14. The lowest BCUT2D eigenvalue weighted by atomic mass is 10.3. The van der Waals surface area contributed by atoms with Crippen LogP contribution in [-0.4, -0.2) is 29.9 Å². The Kier molecular flexibility index (Phi) is 1.90. The molecule has 3 heteroatoms. The van der Waals surface area contributed by atoms with Gasteiger partial charge < -0.3 is 4.74 Å². The van der Waals surface area contributed by atoms with Crippen molar-refractivity contribution in [3.63, 3.8) is 0 Å². The van der Waals surface area contributed by atoms with Crippen LogP contribution in [0, 0.1) is 17.8 Å². The zero-order chi connectivity index (χ0) is 7.14. The van der Waals surface area contributed by atoms with Gasteiger partial charge in [0, 0.05) is 49.7 Å². The Balaban J connectivity index is 1.81. The van der Waals surface area contributed by atoms with Gasteiger partial charge in [0.25, 0.3) is 0 Å². The van der Waals surface area contributed by atoms with E-state index in [0.29, 0.717) is 0 Å². The van der Waals surface area contributed by atoms with Crippen molar-refractivity contribution in [2.45, 2.75) is 0 Å². The van der Waals surface area contributed by atoms with Crippen molar-refractivity contribution in [2.24, 2.45) is 17.8 Å². The van der Waals surface area contributed by atoms with Crippen LogP contribution in [0.1, 0.15) is 0 Å². The number of piperidine rings is 1. The summed E-state index contributed by atoms with van der Waals surface area (Å²) in [6.07, 6.45) is 0. The van der Waals surface area contributed by atoms with Gasteiger partial charge in [-0.3, -0.25) is 0 Å². The van der Waals surface area contributed by atoms with E-state index in [1.165, 1.54) is 13.1 Å². The standard InChI is InChI=1S/C7H12INO/c1-10-4-7-5-2-9(8)3-6(5)7/h5-7H,2-4H2,1H3/t5-,6+,7?. The summed E-state index contributed by atoms with van der Waals surface area (Å²) < 4.78 is 7.50. The van der Waals surface area contributed by atoms with Crippen LogP contribution < -0.4 is 0 Å². The zero-order valence-electron chi connectivity index (χ0n) is 6.09. The van der Waals surface area contributed by atoms with Crippen molar-refractivity contribution in [3.8, 4) is 0 Å². The molecule has 1 aliphatic carbocycles. The van der Waals surface area contributed by atoms with Crippen LogP contribution in [0.5, 0.6) is 0 Å². The number of hydrogen-bond acceptors (Lipinski definition) is 2. The normalized spacial score (nSPS) is 45.6. The molecule has 10 heavy (non-hydrogen) atoms. The first kappa shape index (κ1) is 7.31. The van der Waals surface area contributed by atoms with Gasteiger partial charge in [-0.15, -0.1) is 0 Å². The first-order valence-corrected chi connectivity index (χ1v) is 4.69. The molecule has 2 rings (SSSR count). The summed E-state index contributed by atoms with van der Waals surface area (Å²) in [6, 6.07) is 0. The molecule has 0 spiro atoms. The second kappa shape index (κ2) is 2.60. The number of nitrogens with zero attached hydrogens (tertiary/aromatic N) is 1. The molecular formula is C7H12INO. The van der Waals surface area contributed by atoms with E-state index in [-0.39, 0.29) is 0 Å². The molecule has 0 aromatic heterocycles. The molecular weight excluding hydrogens is 241 g/mol. The Morgan fingerprint density at radius 1 is 1.50 bits per heavy atom. The summed E-state index contributed by atoms with van der Waals surface area (Å²) in [6.45, 7) is 3.57. The van der Waals surface area contributed by atoms with Crippen LogP contribution in [0.25, 0.3) is 0 Å². The fraction of sp³-hybridized carbons (Fsp3) is 1.00. The molecule has 3 atom stereocenters. The summed E-state index contributed by atoms with van der Waals surface area (Å²) >= 11 is 2.41. The van der Waals surface area contributed by atoms with Crippen LogP contribution in [0.3, 0.4) is 0 Å². The minimum Gasteiger partial charge on any atom is -0.384 e. The van der Waals surface area contributed by atoms with Crippen molar-refractivity contribution >= 4 is 22.9 Å². The Morgan fingerprint density at radius 3 is 2.60 bits per heavy atom. The highest BCUT2D eigenvalue weighted by Crippen LogP contribution is 2.52. The third-order valence-corrected chi connectivity index (χ3v) is 3.47. The number of hydrogen-bond donors (Lipinski definition) is 0. The number of ether oxygens (including phenoxy) is 1. The molecule has 0 radical (unpaired) electrons. The fourth-order valence-electron chi connectivity index (χ4n) is 2.04. The first-order valence-electron chi connectivity index (χ1n) is 3.72. The molecule has 0 N–H and O–H groups in total. The smallest absolute Gasteiger partial charge is 0.0496 e. The SMILES string of the molecule is COCC1[C@H]2CN(I)C[C@@H]12. The second-order valence-electron chi connectivity index (χ2n) is 3.27. The van der Waals surface area contributed by atoms with Gasteiger partial charge in [0.15, 0.2) is 0 Å². The maximum Gasteiger partial charge on any atom is 0.0496 e. The van der Waals surface area contributed by atoms with Gasteiger partial charge >= 0.3 is 0 Å². The van der Waals surface area contributed by atoms with Gasteiger partial charge in [0.05, 0.1) is 0 Å². The summed E-state index contributed by atoms with van der Waals surface area (Å²) in [5.74, 6) is 2.84. The van der Waals surface area contributed by atoms with E-state index in [1.54, 1.807) is 7.11 Å². The molecule has 58 valence electrons. The Morgan fingerprint density at radius 2 is 2.10 bits per heavy atom. The average molecular weight is 253 g/mol. The minimum atomic E-state index is 0.899. The third kappa shape index (κ3) is 1.08. The van der Waals surface area contributed by atoms with Crippen molar-refractivity contribution in [1.82, 2.24) is 3.11 Å². The fourth-order valence-corrected chi connectivity index (χ4v) is 2.95. The molecule has 1 aliphatic heterocycles. The van der Waals surface area contributed by atoms with E-state index in [1.807, 2.05) is 0 Å². The molecule has 0 aromatic carbocycles. The van der Waals surface area contributed by atoms with Gasteiger partial charge in [-0.25, -0.2) is 3.11 Å². The number of fused-ring (bicyclic) bond motifs is 1. The van der Waals surface area contributed by atoms with Crippen molar-refractivity contribution in [3.05, 3.63) is 0 Å². The lowest BCUT2D eigenvalue weighted by molar-refractivity contribution is 0.172. The minimum absolute atomic E-state index is 0.899. The van der Waals surface area contributed by atoms with E-state index in [0.717, 1.165) is 24.4 Å². The Labute approximate surface area is 75.4 Å². The summed E-state index contributed by atoms with van der Waals surface area (Å²) in [5, 5.41) is 0. The number of halogens is 1. The van der Waals surface area contributed by atoms with Crippen molar-refractivity contribution in [2.75, 3.05) is 26.8 Å². The lowest BCUT2D eigenvalue weighted by Gasteiger charge is -2.09. The largest absolute Gasteiger partial charge is 0.384 e. The molecule has 0 aromatic rings. The van der Waals surface area contributed by atoms with Gasteiger partial charge in [0.1, 0.15) is 0 Å². The van der Waals surface area contributed by atoms with Crippen LogP contribution >= 0.6 is 22.9 Å². The highest BCUT2D eigenvalue weighted by Gasteiger charge is 2.54. The van der Waals surface area contributed by atoms with Gasteiger partial charge in [-0.05, 0) is 17.8 Å². The summed E-state index contributed by atoms with van der Waals surface area (Å²) in [4.78, 5) is 0. The van der Waals surface area contributed by atoms with Crippen LogP contribution in [0.15, 0.2) is 0 Å². The molecule has 2 fully saturated rings. The van der Waals surface area contributed by atoms with E-state index in [9.17, 15) is 0 Å². The number of methoxy groups -OCH3 is 1. The second-order valence-corrected chi connectivity index (χ2v) is 4.64. The number of rotatable bonds is 2. The highest BCUT2D eigenvalue weighted by molar-refractivity contribution is 14.1. The quantitative estimate of drug-likeness (QED) is 0.541. The molecule has 1 saturated heterocycles. The van der Waals surface area contributed by atoms with Gasteiger partial charge in [0.2, 0.25) is 0 Å². The van der Waals surface area contributed by atoms with E-state index >= 15 is 0 Å². The third-order valence-electron chi connectivity index (χ3n) is 2.69. The first-order chi connectivity index (χ1) is 4.83. The maximum absolute atomic E-state index is 5.12. The summed E-state index contributed by atoms with van der Waals surface area (Å²) in [7, 11) is 1.80. The van der Waals surface area contributed by atoms with Crippen LogP contribution in [-0.2, 0) is 4.74 Å². The molecule has 1 heterocycles. The summed E-state index contributed by atoms with van der Waals surface area (Å²) in [5.41, 5.74) is 0. The molecule has 2 aliphatic rings. The highest BCUT2D eigenvalue weighted by atomic mass is 127. The van der Waals surface area contributed by atoms with Crippen LogP contribution in [0.4, 0.5) is 0 Å². The molecule has 2 nitrogen and oxygen atoms in total. The monoisotopic (exact) mass is 253 g/mol. The Bertz CT molecular complexity index is 123. The molecule has 1 saturated carbocycles. The predicted octanol–water partition coefficient (Wildman–Crippen LogP) is 1.16. The van der Waals surface area contributed by atoms with Crippen LogP contribution in [0.2, 0.25) is 0 Å².